The van der Waals surface area contributed by atoms with Gasteiger partial charge in [0.2, 0.25) is 0 Å². The van der Waals surface area contributed by atoms with Gasteiger partial charge in [0, 0.05) is 0 Å². The molecule has 0 heterocycles. The number of rotatable bonds is 6. The number of allylic oxidation sites excluding steroid dienone is 3. The van der Waals surface area contributed by atoms with Crippen molar-refractivity contribution in [2.75, 3.05) is 0 Å². The fourth-order valence-corrected chi connectivity index (χ4v) is 5.07. The Morgan fingerprint density at radius 2 is 2.05 bits per heavy atom. The van der Waals surface area contributed by atoms with Crippen LogP contribution >= 0.6 is 0 Å². The maximum absolute atomic E-state index is 4.05. The van der Waals surface area contributed by atoms with E-state index in [0.717, 1.165) is 23.7 Å². The van der Waals surface area contributed by atoms with E-state index in [2.05, 4.69) is 46.4 Å². The molecule has 4 atom stereocenters. The SMILES string of the molecule is C=CC1=CCC[C@@]2(C)C1CC[C@@H]2[C@H](C)CCCC(C)C. The molecule has 0 aromatic heterocycles. The van der Waals surface area contributed by atoms with Crippen LogP contribution in [0.4, 0.5) is 0 Å². The summed E-state index contributed by atoms with van der Waals surface area (Å²) in [4.78, 5) is 0. The van der Waals surface area contributed by atoms with Crippen molar-refractivity contribution in [3.63, 3.8) is 0 Å². The van der Waals surface area contributed by atoms with Crippen molar-refractivity contribution in [3.8, 4) is 0 Å². The van der Waals surface area contributed by atoms with Crippen LogP contribution in [0.1, 0.15) is 72.6 Å². The Balaban J connectivity index is 2.00. The quantitative estimate of drug-likeness (QED) is 0.526. The predicted octanol–water partition coefficient (Wildman–Crippen LogP) is 6.39. The molecular weight excluding hydrogens is 240 g/mol. The van der Waals surface area contributed by atoms with E-state index in [1.54, 1.807) is 5.57 Å². The molecular formula is C20H34. The Hall–Kier alpha value is -0.520. The molecule has 0 saturated heterocycles. The first-order valence-corrected chi connectivity index (χ1v) is 8.81. The van der Waals surface area contributed by atoms with Crippen molar-refractivity contribution < 1.29 is 0 Å². The van der Waals surface area contributed by atoms with Crippen LogP contribution in [0.25, 0.3) is 0 Å². The Labute approximate surface area is 126 Å². The lowest BCUT2D eigenvalue weighted by Crippen LogP contribution is -2.34. The third-order valence-corrected chi connectivity index (χ3v) is 6.24. The highest BCUT2D eigenvalue weighted by atomic mass is 14.5. The van der Waals surface area contributed by atoms with Crippen LogP contribution < -0.4 is 0 Å². The second-order valence-electron chi connectivity index (χ2n) is 7.99. The molecule has 0 nitrogen and oxygen atoms in total. The zero-order chi connectivity index (χ0) is 14.8. The van der Waals surface area contributed by atoms with E-state index in [9.17, 15) is 0 Å². The molecule has 2 aliphatic carbocycles. The van der Waals surface area contributed by atoms with Crippen LogP contribution in [0.3, 0.4) is 0 Å². The average Bonchev–Trinajstić information content (AvgIpc) is 2.75. The maximum Gasteiger partial charge on any atom is -0.0108 e. The summed E-state index contributed by atoms with van der Waals surface area (Å²) in [5.41, 5.74) is 2.10. The van der Waals surface area contributed by atoms with Gasteiger partial charge >= 0.3 is 0 Å². The van der Waals surface area contributed by atoms with E-state index in [4.69, 9.17) is 0 Å². The molecule has 2 rings (SSSR count). The van der Waals surface area contributed by atoms with Gasteiger partial charge in [-0.25, -0.2) is 0 Å². The fourth-order valence-electron chi connectivity index (χ4n) is 5.07. The van der Waals surface area contributed by atoms with Crippen LogP contribution in [0.15, 0.2) is 24.3 Å². The second-order valence-corrected chi connectivity index (χ2v) is 7.99. The summed E-state index contributed by atoms with van der Waals surface area (Å²) in [6.07, 6.45) is 14.3. The van der Waals surface area contributed by atoms with Crippen LogP contribution in [0.2, 0.25) is 0 Å². The Bertz CT molecular complexity index is 362. The number of hydrogen-bond donors (Lipinski definition) is 0. The third-order valence-electron chi connectivity index (χ3n) is 6.24. The van der Waals surface area contributed by atoms with E-state index in [0.29, 0.717) is 5.41 Å². The molecule has 1 saturated carbocycles. The first-order chi connectivity index (χ1) is 9.49. The van der Waals surface area contributed by atoms with Crippen molar-refractivity contribution >= 4 is 0 Å². The standard InChI is InChI=1S/C20H34/c1-6-17-11-8-14-20(5)18(12-13-19(17)20)16(4)10-7-9-15(2)3/h6,11,15-16,18-19H,1,7-10,12-14H2,2-5H3/t16-,18-,19?,20-/m1/s1. The van der Waals surface area contributed by atoms with Gasteiger partial charge in [0.1, 0.15) is 0 Å². The van der Waals surface area contributed by atoms with Gasteiger partial charge in [0.05, 0.1) is 0 Å². The van der Waals surface area contributed by atoms with Gasteiger partial charge in [0.15, 0.2) is 0 Å². The molecule has 0 aromatic carbocycles. The highest BCUT2D eigenvalue weighted by molar-refractivity contribution is 5.27. The van der Waals surface area contributed by atoms with Crippen LogP contribution in [-0.4, -0.2) is 0 Å². The Morgan fingerprint density at radius 1 is 1.30 bits per heavy atom. The molecule has 20 heavy (non-hydrogen) atoms. The molecule has 0 aromatic rings. The summed E-state index contributed by atoms with van der Waals surface area (Å²) in [7, 11) is 0. The monoisotopic (exact) mass is 274 g/mol. The molecule has 0 heteroatoms. The van der Waals surface area contributed by atoms with E-state index >= 15 is 0 Å². The molecule has 0 spiro atoms. The maximum atomic E-state index is 4.05. The first kappa shape index (κ1) is 15.9. The highest BCUT2D eigenvalue weighted by Crippen LogP contribution is 2.58. The lowest BCUT2D eigenvalue weighted by Gasteiger charge is -2.43. The average molecular weight is 274 g/mol. The van der Waals surface area contributed by atoms with Gasteiger partial charge in [-0.3, -0.25) is 0 Å². The van der Waals surface area contributed by atoms with E-state index in [1.165, 1.54) is 44.9 Å². The summed E-state index contributed by atoms with van der Waals surface area (Å²) < 4.78 is 0. The Morgan fingerprint density at radius 3 is 2.70 bits per heavy atom. The lowest BCUT2D eigenvalue weighted by molar-refractivity contribution is 0.107. The molecule has 0 amide bonds. The van der Waals surface area contributed by atoms with Crippen LogP contribution in [-0.2, 0) is 0 Å². The highest BCUT2D eigenvalue weighted by Gasteiger charge is 2.49. The van der Waals surface area contributed by atoms with Gasteiger partial charge in [-0.05, 0) is 60.3 Å². The molecule has 0 aliphatic heterocycles. The van der Waals surface area contributed by atoms with Crippen molar-refractivity contribution in [1.29, 1.82) is 0 Å². The van der Waals surface area contributed by atoms with Crippen LogP contribution in [0, 0.1) is 29.1 Å². The third kappa shape index (κ3) is 3.05. The van der Waals surface area contributed by atoms with Crippen molar-refractivity contribution in [1.82, 2.24) is 0 Å². The van der Waals surface area contributed by atoms with Crippen LogP contribution in [0.5, 0.6) is 0 Å². The summed E-state index contributed by atoms with van der Waals surface area (Å²) in [6.45, 7) is 13.8. The lowest BCUT2D eigenvalue weighted by atomic mass is 9.62. The van der Waals surface area contributed by atoms with Gasteiger partial charge in [-0.1, -0.05) is 65.7 Å². The van der Waals surface area contributed by atoms with E-state index in [1.807, 2.05) is 0 Å². The molecule has 0 N–H and O–H groups in total. The van der Waals surface area contributed by atoms with Gasteiger partial charge in [0.25, 0.3) is 0 Å². The topological polar surface area (TPSA) is 0 Å². The fraction of sp³-hybridized carbons (Fsp3) is 0.800. The first-order valence-electron chi connectivity index (χ1n) is 8.81. The smallest absolute Gasteiger partial charge is 0.0108 e. The predicted molar refractivity (Wildman–Crippen MR) is 89.7 cm³/mol. The zero-order valence-corrected chi connectivity index (χ0v) is 14.1. The van der Waals surface area contributed by atoms with Crippen molar-refractivity contribution in [2.24, 2.45) is 29.1 Å². The summed E-state index contributed by atoms with van der Waals surface area (Å²) in [5.74, 6) is 3.49. The van der Waals surface area contributed by atoms with Crippen molar-refractivity contribution in [3.05, 3.63) is 24.3 Å². The molecule has 1 fully saturated rings. The minimum absolute atomic E-state index is 0.551. The van der Waals surface area contributed by atoms with Crippen molar-refractivity contribution in [2.45, 2.75) is 72.6 Å². The largest absolute Gasteiger partial charge is 0.0988 e. The van der Waals surface area contributed by atoms with Gasteiger partial charge < -0.3 is 0 Å². The molecule has 114 valence electrons. The van der Waals surface area contributed by atoms with E-state index in [-0.39, 0.29) is 0 Å². The minimum atomic E-state index is 0.551. The van der Waals surface area contributed by atoms with Gasteiger partial charge in [-0.2, -0.15) is 0 Å². The summed E-state index contributed by atoms with van der Waals surface area (Å²) in [6, 6.07) is 0. The summed E-state index contributed by atoms with van der Waals surface area (Å²) >= 11 is 0. The normalized spacial score (nSPS) is 34.8. The minimum Gasteiger partial charge on any atom is -0.0988 e. The molecule has 2 aliphatic rings. The van der Waals surface area contributed by atoms with Gasteiger partial charge in [-0.15, -0.1) is 0 Å². The number of hydrogen-bond acceptors (Lipinski definition) is 0. The molecule has 0 bridgehead atoms. The summed E-state index contributed by atoms with van der Waals surface area (Å²) in [5, 5.41) is 0. The Kier molecular flexibility index (Phi) is 5.15. The zero-order valence-electron chi connectivity index (χ0n) is 14.1. The molecule has 1 unspecified atom stereocenters. The van der Waals surface area contributed by atoms with E-state index < -0.39 is 0 Å². The number of fused-ring (bicyclic) bond motifs is 1. The second kappa shape index (κ2) is 6.50. The molecule has 0 radical (unpaired) electrons.